The molecule has 1 heterocycles. The molecule has 1 aromatic heterocycles. The van der Waals surface area contributed by atoms with Gasteiger partial charge in [-0.1, -0.05) is 32.0 Å². The van der Waals surface area contributed by atoms with Crippen LogP contribution in [0.1, 0.15) is 59.8 Å². The second-order valence-corrected chi connectivity index (χ2v) is 7.65. The lowest BCUT2D eigenvalue weighted by atomic mass is 10.0. The van der Waals surface area contributed by atoms with Gasteiger partial charge in [0, 0.05) is 24.0 Å². The predicted octanol–water partition coefficient (Wildman–Crippen LogP) is 4.06. The van der Waals surface area contributed by atoms with Crippen molar-refractivity contribution in [2.24, 2.45) is 5.92 Å². The van der Waals surface area contributed by atoms with Crippen molar-refractivity contribution >= 4 is 17.6 Å². The molecule has 2 rings (SSSR count). The summed E-state index contributed by atoms with van der Waals surface area (Å²) in [4.78, 5) is 28.1. The fraction of sp³-hybridized carbons (Fsp3) is 0.455. The molecule has 1 aromatic carbocycles. The van der Waals surface area contributed by atoms with Gasteiger partial charge < -0.3 is 20.4 Å². The number of rotatable bonds is 8. The summed E-state index contributed by atoms with van der Waals surface area (Å²) in [5, 5.41) is 6.43. The number of carbonyl (C=O) groups excluding carboxylic acids is 2. The van der Waals surface area contributed by atoms with Gasteiger partial charge in [0.15, 0.2) is 0 Å². The third-order valence-corrected chi connectivity index (χ3v) is 4.62. The molecule has 1 atom stereocenters. The molecule has 2 aromatic rings. The van der Waals surface area contributed by atoms with Crippen LogP contribution in [0.15, 0.2) is 30.3 Å². The second-order valence-electron chi connectivity index (χ2n) is 7.65. The van der Waals surface area contributed by atoms with E-state index in [9.17, 15) is 9.59 Å². The zero-order valence-electron chi connectivity index (χ0n) is 17.6. The molecule has 0 saturated heterocycles. The van der Waals surface area contributed by atoms with E-state index in [4.69, 9.17) is 4.74 Å². The van der Waals surface area contributed by atoms with E-state index in [1.165, 1.54) is 0 Å². The highest BCUT2D eigenvalue weighted by molar-refractivity contribution is 6.00. The van der Waals surface area contributed by atoms with Crippen LogP contribution in [-0.4, -0.2) is 35.6 Å². The zero-order valence-corrected chi connectivity index (χ0v) is 17.6. The number of ether oxygens (including phenoxy) is 1. The minimum Gasteiger partial charge on any atom is -0.459 e. The maximum atomic E-state index is 12.7. The Bertz CT molecular complexity index is 810. The smallest absolute Gasteiger partial charge is 0.340 e. The van der Waals surface area contributed by atoms with Gasteiger partial charge in [-0.3, -0.25) is 4.79 Å². The lowest BCUT2D eigenvalue weighted by Gasteiger charge is -2.24. The molecule has 0 aliphatic carbocycles. The van der Waals surface area contributed by atoms with Gasteiger partial charge in [0.05, 0.1) is 11.7 Å². The summed E-state index contributed by atoms with van der Waals surface area (Å²) < 4.78 is 5.29. The maximum absolute atomic E-state index is 12.7. The first-order valence-electron chi connectivity index (χ1n) is 9.70. The normalized spacial score (nSPS) is 12.1. The molecule has 0 unspecified atom stereocenters. The van der Waals surface area contributed by atoms with Gasteiger partial charge in [-0.05, 0) is 51.3 Å². The van der Waals surface area contributed by atoms with Gasteiger partial charge in [0.1, 0.15) is 5.69 Å². The Kier molecular flexibility index (Phi) is 7.26. The Balaban J connectivity index is 2.08. The number of nitrogens with one attached hydrogen (secondary N) is 3. The van der Waals surface area contributed by atoms with E-state index >= 15 is 0 Å². The number of carbonyl (C=O) groups is 2. The summed E-state index contributed by atoms with van der Waals surface area (Å²) in [7, 11) is 0. The number of anilines is 1. The van der Waals surface area contributed by atoms with Crippen molar-refractivity contribution in [2.75, 3.05) is 11.9 Å². The van der Waals surface area contributed by atoms with Crippen LogP contribution >= 0.6 is 0 Å². The van der Waals surface area contributed by atoms with E-state index < -0.39 is 5.97 Å². The Morgan fingerprint density at radius 2 is 1.71 bits per heavy atom. The number of esters is 1. The highest BCUT2D eigenvalue weighted by atomic mass is 16.5. The SMILES string of the molecule is Cc1[nH]c(C(=O)NC[C@H](Nc2ccccc2)C(C)C)c(C)c1C(=O)OC(C)C. The van der Waals surface area contributed by atoms with E-state index in [-0.39, 0.29) is 18.1 Å². The van der Waals surface area contributed by atoms with Crippen molar-refractivity contribution in [1.82, 2.24) is 10.3 Å². The van der Waals surface area contributed by atoms with Crippen molar-refractivity contribution in [3.8, 4) is 0 Å². The molecule has 0 spiro atoms. The molecule has 0 bridgehead atoms. The number of hydrogen-bond acceptors (Lipinski definition) is 4. The fourth-order valence-corrected chi connectivity index (χ4v) is 3.05. The fourth-order valence-electron chi connectivity index (χ4n) is 3.05. The summed E-state index contributed by atoms with van der Waals surface area (Å²) in [6.07, 6.45) is -0.214. The minimum atomic E-state index is -0.411. The number of benzene rings is 1. The average molecular weight is 386 g/mol. The number of para-hydroxylation sites is 1. The summed E-state index contributed by atoms with van der Waals surface area (Å²) >= 11 is 0. The van der Waals surface area contributed by atoms with Crippen molar-refractivity contribution in [2.45, 2.75) is 53.7 Å². The van der Waals surface area contributed by atoms with Crippen LogP contribution < -0.4 is 10.6 Å². The van der Waals surface area contributed by atoms with E-state index in [1.807, 2.05) is 30.3 Å². The predicted molar refractivity (Wildman–Crippen MR) is 112 cm³/mol. The van der Waals surface area contributed by atoms with Crippen molar-refractivity contribution in [3.63, 3.8) is 0 Å². The quantitative estimate of drug-likeness (QED) is 0.598. The molecule has 1 amide bonds. The molecule has 0 aliphatic rings. The summed E-state index contributed by atoms with van der Waals surface area (Å²) in [5.41, 5.74) is 3.09. The number of aromatic nitrogens is 1. The maximum Gasteiger partial charge on any atom is 0.340 e. The molecule has 0 radical (unpaired) electrons. The van der Waals surface area contributed by atoms with Crippen LogP contribution in [0.5, 0.6) is 0 Å². The Labute approximate surface area is 167 Å². The van der Waals surface area contributed by atoms with Crippen LogP contribution in [0.4, 0.5) is 5.69 Å². The number of amides is 1. The molecular weight excluding hydrogens is 354 g/mol. The summed E-state index contributed by atoms with van der Waals surface area (Å²) in [6, 6.07) is 10.00. The van der Waals surface area contributed by atoms with Crippen molar-refractivity contribution in [1.29, 1.82) is 0 Å². The lowest BCUT2D eigenvalue weighted by Crippen LogP contribution is -2.40. The van der Waals surface area contributed by atoms with Crippen molar-refractivity contribution in [3.05, 3.63) is 52.8 Å². The number of H-pyrrole nitrogens is 1. The molecule has 28 heavy (non-hydrogen) atoms. The van der Waals surface area contributed by atoms with Crippen LogP contribution in [0.3, 0.4) is 0 Å². The number of hydrogen-bond donors (Lipinski definition) is 3. The zero-order chi connectivity index (χ0) is 20.8. The largest absolute Gasteiger partial charge is 0.459 e. The van der Waals surface area contributed by atoms with Crippen LogP contribution in [0.2, 0.25) is 0 Å². The minimum absolute atomic E-state index is 0.0769. The molecule has 6 heteroatoms. The van der Waals surface area contributed by atoms with Gasteiger partial charge in [-0.15, -0.1) is 0 Å². The third kappa shape index (κ3) is 5.38. The first-order valence-corrected chi connectivity index (χ1v) is 9.70. The van der Waals surface area contributed by atoms with Gasteiger partial charge in [0.25, 0.3) is 5.91 Å². The second kappa shape index (κ2) is 9.44. The highest BCUT2D eigenvalue weighted by Gasteiger charge is 2.24. The van der Waals surface area contributed by atoms with Crippen molar-refractivity contribution < 1.29 is 14.3 Å². The summed E-state index contributed by atoms with van der Waals surface area (Å²) in [6.45, 7) is 11.8. The van der Waals surface area contributed by atoms with E-state index in [0.29, 0.717) is 35.0 Å². The van der Waals surface area contributed by atoms with Crippen LogP contribution in [-0.2, 0) is 4.74 Å². The van der Waals surface area contributed by atoms with Gasteiger partial charge in [0.2, 0.25) is 0 Å². The Hall–Kier alpha value is -2.76. The number of aryl methyl sites for hydroxylation is 1. The third-order valence-electron chi connectivity index (χ3n) is 4.62. The Morgan fingerprint density at radius 1 is 1.07 bits per heavy atom. The van der Waals surface area contributed by atoms with E-state index in [0.717, 1.165) is 5.69 Å². The molecule has 0 fully saturated rings. The van der Waals surface area contributed by atoms with Gasteiger partial charge >= 0.3 is 5.97 Å². The topological polar surface area (TPSA) is 83.2 Å². The monoisotopic (exact) mass is 385 g/mol. The highest BCUT2D eigenvalue weighted by Crippen LogP contribution is 2.20. The first kappa shape index (κ1) is 21.5. The number of aromatic amines is 1. The molecule has 0 saturated carbocycles. The molecular formula is C22H31N3O3. The lowest BCUT2D eigenvalue weighted by molar-refractivity contribution is 0.0376. The van der Waals surface area contributed by atoms with Crippen LogP contribution in [0, 0.1) is 19.8 Å². The van der Waals surface area contributed by atoms with E-state index in [1.54, 1.807) is 27.7 Å². The average Bonchev–Trinajstić information content (AvgIpc) is 2.92. The first-order chi connectivity index (χ1) is 13.2. The van der Waals surface area contributed by atoms with Gasteiger partial charge in [-0.25, -0.2) is 4.79 Å². The van der Waals surface area contributed by atoms with Gasteiger partial charge in [-0.2, -0.15) is 0 Å². The molecule has 6 nitrogen and oxygen atoms in total. The molecule has 152 valence electrons. The summed E-state index contributed by atoms with van der Waals surface area (Å²) in [5.74, 6) is -0.320. The molecule has 0 aliphatic heterocycles. The van der Waals surface area contributed by atoms with Crippen LogP contribution in [0.25, 0.3) is 0 Å². The standard InChI is InChI=1S/C22H31N3O3/c1-13(2)18(25-17-10-8-7-9-11-17)12-23-21(26)20-15(5)19(16(6)24-20)22(27)28-14(3)4/h7-11,13-14,18,24-25H,12H2,1-6H3,(H,23,26)/t18-/m0/s1. The Morgan fingerprint density at radius 3 is 2.29 bits per heavy atom. The van der Waals surface area contributed by atoms with E-state index in [2.05, 4.69) is 29.5 Å². The molecule has 3 N–H and O–H groups in total.